The first kappa shape index (κ1) is 17.3. The Kier molecular flexibility index (Phi) is 4.97. The topological polar surface area (TPSA) is 127 Å². The summed E-state index contributed by atoms with van der Waals surface area (Å²) in [5, 5.41) is 29.5. The van der Waals surface area contributed by atoms with Crippen molar-refractivity contribution >= 4 is 7.82 Å². The molecule has 23 heavy (non-hydrogen) atoms. The maximum atomic E-state index is 11.0. The molecule has 0 aliphatic heterocycles. The lowest BCUT2D eigenvalue weighted by Gasteiger charge is -2.22. The summed E-state index contributed by atoms with van der Waals surface area (Å²) in [6, 6.07) is 9.93. The van der Waals surface area contributed by atoms with Crippen molar-refractivity contribution < 1.29 is 34.2 Å². The lowest BCUT2D eigenvalue weighted by molar-refractivity contribution is 0.148. The normalized spacial score (nSPS) is 14.3. The van der Waals surface area contributed by atoms with E-state index in [1.54, 1.807) is 19.1 Å². The molecule has 8 heteroatoms. The first-order valence-electron chi connectivity index (χ1n) is 6.72. The van der Waals surface area contributed by atoms with Gasteiger partial charge in [0.1, 0.15) is 17.2 Å². The summed E-state index contributed by atoms with van der Waals surface area (Å²) < 4.78 is 15.6. The van der Waals surface area contributed by atoms with Crippen LogP contribution in [0.25, 0.3) is 0 Å². The van der Waals surface area contributed by atoms with Crippen molar-refractivity contribution in [1.82, 2.24) is 0 Å². The van der Waals surface area contributed by atoms with Crippen molar-refractivity contribution in [2.75, 3.05) is 0 Å². The van der Waals surface area contributed by atoms with Gasteiger partial charge >= 0.3 is 7.82 Å². The number of phenols is 2. The van der Waals surface area contributed by atoms with Crippen molar-refractivity contribution in [1.29, 1.82) is 0 Å². The molecule has 0 spiro atoms. The summed E-state index contributed by atoms with van der Waals surface area (Å²) in [7, 11) is -4.85. The zero-order valence-electron chi connectivity index (χ0n) is 12.2. The van der Waals surface area contributed by atoms with Gasteiger partial charge in [0.05, 0.1) is 6.10 Å². The third-order valence-corrected chi connectivity index (χ3v) is 3.84. The van der Waals surface area contributed by atoms with Crippen LogP contribution in [0.1, 0.15) is 30.1 Å². The standard InChI is InChI=1S/C15H17O7P/c1-9(10-3-2-4-11(16)7-10)15(18)13-6-5-12(17)8-14(13)22-23(19,20)21/h2-9,15-18H,1H3,(H2,19,20,21). The van der Waals surface area contributed by atoms with Crippen LogP contribution in [0.2, 0.25) is 0 Å². The highest BCUT2D eigenvalue weighted by atomic mass is 31.2. The Balaban J connectivity index is 2.38. The monoisotopic (exact) mass is 340 g/mol. The molecule has 7 nitrogen and oxygen atoms in total. The van der Waals surface area contributed by atoms with Crippen molar-refractivity contribution in [3.05, 3.63) is 53.6 Å². The molecule has 0 bridgehead atoms. The summed E-state index contributed by atoms with van der Waals surface area (Å²) in [6.45, 7) is 1.69. The van der Waals surface area contributed by atoms with E-state index in [0.29, 0.717) is 5.56 Å². The minimum absolute atomic E-state index is 0.0407. The second-order valence-corrected chi connectivity index (χ2v) is 6.30. The zero-order chi connectivity index (χ0) is 17.2. The van der Waals surface area contributed by atoms with Crippen LogP contribution in [-0.4, -0.2) is 25.1 Å². The smallest absolute Gasteiger partial charge is 0.508 e. The predicted molar refractivity (Wildman–Crippen MR) is 82.3 cm³/mol. The average molecular weight is 340 g/mol. The number of aliphatic hydroxyl groups is 1. The van der Waals surface area contributed by atoms with Gasteiger partial charge in [0, 0.05) is 17.5 Å². The number of phenolic OH excluding ortho intramolecular Hbond substituents is 2. The van der Waals surface area contributed by atoms with Crippen LogP contribution in [0, 0.1) is 0 Å². The highest BCUT2D eigenvalue weighted by Gasteiger charge is 2.26. The first-order valence-corrected chi connectivity index (χ1v) is 8.25. The Hall–Kier alpha value is -2.05. The van der Waals surface area contributed by atoms with Crippen LogP contribution in [0.5, 0.6) is 17.2 Å². The molecular weight excluding hydrogens is 323 g/mol. The van der Waals surface area contributed by atoms with E-state index in [1.165, 1.54) is 24.3 Å². The molecule has 0 fully saturated rings. The molecule has 5 N–H and O–H groups in total. The van der Waals surface area contributed by atoms with E-state index in [-0.39, 0.29) is 22.8 Å². The second kappa shape index (κ2) is 6.60. The van der Waals surface area contributed by atoms with Gasteiger partial charge in [-0.3, -0.25) is 9.79 Å². The largest absolute Gasteiger partial charge is 0.524 e. The number of hydrogen-bond acceptors (Lipinski definition) is 5. The number of aromatic hydroxyl groups is 2. The van der Waals surface area contributed by atoms with Gasteiger partial charge in [-0.05, 0) is 29.8 Å². The third-order valence-electron chi connectivity index (χ3n) is 3.40. The molecule has 0 saturated carbocycles. The Morgan fingerprint density at radius 3 is 2.30 bits per heavy atom. The van der Waals surface area contributed by atoms with E-state index in [2.05, 4.69) is 4.52 Å². The Labute approximate surface area is 132 Å². The summed E-state index contributed by atoms with van der Waals surface area (Å²) in [4.78, 5) is 17.9. The molecule has 2 rings (SSSR count). The number of phosphoric ester groups is 1. The lowest BCUT2D eigenvalue weighted by atomic mass is 9.90. The molecule has 0 aliphatic rings. The van der Waals surface area contributed by atoms with Crippen LogP contribution in [0.4, 0.5) is 0 Å². The van der Waals surface area contributed by atoms with Gasteiger partial charge in [-0.15, -0.1) is 0 Å². The Bertz CT molecular complexity index is 740. The van der Waals surface area contributed by atoms with Crippen molar-refractivity contribution in [2.45, 2.75) is 18.9 Å². The zero-order valence-corrected chi connectivity index (χ0v) is 13.1. The van der Waals surface area contributed by atoms with Gasteiger partial charge in [0.25, 0.3) is 0 Å². The van der Waals surface area contributed by atoms with Crippen LogP contribution < -0.4 is 4.52 Å². The highest BCUT2D eigenvalue weighted by Crippen LogP contribution is 2.44. The lowest BCUT2D eigenvalue weighted by Crippen LogP contribution is -2.09. The SMILES string of the molecule is CC(c1cccc(O)c1)C(O)c1ccc(O)cc1OP(=O)(O)O. The molecule has 0 saturated heterocycles. The summed E-state index contributed by atoms with van der Waals surface area (Å²) in [5.74, 6) is -1.02. The van der Waals surface area contributed by atoms with Gasteiger partial charge in [0.15, 0.2) is 0 Å². The molecule has 0 aliphatic carbocycles. The number of aliphatic hydroxyl groups excluding tert-OH is 1. The summed E-state index contributed by atoms with van der Waals surface area (Å²) >= 11 is 0. The molecule has 2 unspecified atom stereocenters. The fraction of sp³-hybridized carbons (Fsp3) is 0.200. The minimum Gasteiger partial charge on any atom is -0.508 e. The number of phosphoric acid groups is 1. The van der Waals surface area contributed by atoms with Gasteiger partial charge in [0.2, 0.25) is 0 Å². The summed E-state index contributed by atoms with van der Waals surface area (Å²) in [6.07, 6.45) is -1.17. The number of rotatable bonds is 5. The average Bonchev–Trinajstić information content (AvgIpc) is 2.44. The third kappa shape index (κ3) is 4.46. The molecule has 0 amide bonds. The van der Waals surface area contributed by atoms with Crippen molar-refractivity contribution in [3.63, 3.8) is 0 Å². The van der Waals surface area contributed by atoms with Crippen molar-refractivity contribution in [3.8, 4) is 17.2 Å². The second-order valence-electron chi connectivity index (χ2n) is 5.13. The molecule has 0 aromatic heterocycles. The van der Waals surface area contributed by atoms with E-state index in [9.17, 15) is 19.9 Å². The minimum atomic E-state index is -4.85. The van der Waals surface area contributed by atoms with Gasteiger partial charge < -0.3 is 19.8 Å². The molecule has 124 valence electrons. The van der Waals surface area contributed by atoms with E-state index in [1.807, 2.05) is 0 Å². The van der Waals surface area contributed by atoms with Crippen LogP contribution in [0.3, 0.4) is 0 Å². The number of hydrogen-bond donors (Lipinski definition) is 5. The summed E-state index contributed by atoms with van der Waals surface area (Å²) in [5.41, 5.74) is 0.745. The van der Waals surface area contributed by atoms with Gasteiger partial charge in [-0.1, -0.05) is 19.1 Å². The maximum Gasteiger partial charge on any atom is 0.524 e. The fourth-order valence-corrected chi connectivity index (χ4v) is 2.65. The Morgan fingerprint density at radius 1 is 1.04 bits per heavy atom. The predicted octanol–water partition coefficient (Wildman–Crippen LogP) is 2.41. The molecule has 2 aromatic carbocycles. The van der Waals surface area contributed by atoms with Crippen LogP contribution in [-0.2, 0) is 4.57 Å². The van der Waals surface area contributed by atoms with E-state index in [4.69, 9.17) is 9.79 Å². The van der Waals surface area contributed by atoms with Gasteiger partial charge in [-0.2, -0.15) is 0 Å². The fourth-order valence-electron chi connectivity index (χ4n) is 2.23. The highest BCUT2D eigenvalue weighted by molar-refractivity contribution is 7.46. The molecule has 2 atom stereocenters. The molecule has 0 radical (unpaired) electrons. The van der Waals surface area contributed by atoms with E-state index >= 15 is 0 Å². The Morgan fingerprint density at radius 2 is 1.70 bits per heavy atom. The van der Waals surface area contributed by atoms with Crippen LogP contribution >= 0.6 is 7.82 Å². The molecule has 2 aromatic rings. The first-order chi connectivity index (χ1) is 10.7. The van der Waals surface area contributed by atoms with E-state index < -0.39 is 19.8 Å². The van der Waals surface area contributed by atoms with Gasteiger partial charge in [-0.25, -0.2) is 4.57 Å². The number of benzene rings is 2. The molecule has 0 heterocycles. The van der Waals surface area contributed by atoms with Crippen molar-refractivity contribution in [2.24, 2.45) is 0 Å². The van der Waals surface area contributed by atoms with E-state index in [0.717, 1.165) is 6.07 Å². The quantitative estimate of drug-likeness (QED) is 0.529. The molecular formula is C15H17O7P. The van der Waals surface area contributed by atoms with Crippen LogP contribution in [0.15, 0.2) is 42.5 Å². The maximum absolute atomic E-state index is 11.0.